The van der Waals surface area contributed by atoms with Crippen LogP contribution in [-0.2, 0) is 24.2 Å². The molecule has 0 spiro atoms. The van der Waals surface area contributed by atoms with Crippen molar-refractivity contribution in [3.8, 4) is 6.07 Å². The summed E-state index contributed by atoms with van der Waals surface area (Å²) in [6, 6.07) is 6.30. The molecular weight excluding hydrogens is 354 g/mol. The molecule has 4 N–H and O–H groups in total. The van der Waals surface area contributed by atoms with Crippen molar-refractivity contribution < 1.29 is 19.0 Å². The number of pyridine rings is 1. The molecule has 2 aromatic rings. The van der Waals surface area contributed by atoms with Crippen LogP contribution in [-0.4, -0.2) is 32.3 Å². The second kappa shape index (κ2) is 8.63. The number of likely N-dealkylation sites (N-methyl/N-ethyl adjacent to an activating group) is 1. The number of fused-ring (bicyclic) bond motifs is 1. The summed E-state index contributed by atoms with van der Waals surface area (Å²) < 4.78 is 11.2. The topological polar surface area (TPSA) is 88.8 Å². The lowest BCUT2D eigenvalue weighted by Crippen LogP contribution is -3.11. The summed E-state index contributed by atoms with van der Waals surface area (Å²) in [4.78, 5) is 5.00. The summed E-state index contributed by atoms with van der Waals surface area (Å²) in [5, 5.41) is 16.8. The Balaban J connectivity index is 1.63. The first-order chi connectivity index (χ1) is 13.8. The Hall–Kier alpha value is -2.56. The van der Waals surface area contributed by atoms with Crippen LogP contribution in [0.2, 0.25) is 0 Å². The van der Waals surface area contributed by atoms with E-state index in [1.54, 1.807) is 6.26 Å². The first kappa shape index (κ1) is 18.8. The van der Waals surface area contributed by atoms with Crippen molar-refractivity contribution in [3.05, 3.63) is 40.8 Å². The highest BCUT2D eigenvalue weighted by Gasteiger charge is 2.30. The van der Waals surface area contributed by atoms with Crippen LogP contribution < -0.4 is 20.5 Å². The second-order valence-electron chi connectivity index (χ2n) is 7.55. The van der Waals surface area contributed by atoms with E-state index in [1.807, 2.05) is 12.1 Å². The van der Waals surface area contributed by atoms with Crippen LogP contribution in [0.3, 0.4) is 0 Å². The summed E-state index contributed by atoms with van der Waals surface area (Å²) in [6.45, 7) is 7.43. The molecule has 148 valence electrons. The fraction of sp³-hybridized carbons (Fsp3) is 0.524. The summed E-state index contributed by atoms with van der Waals surface area (Å²) in [5.41, 5.74) is 3.12. The third kappa shape index (κ3) is 3.98. The normalized spacial score (nSPS) is 21.1. The number of hydrogen-bond donors (Lipinski definition) is 3. The zero-order valence-electron chi connectivity index (χ0n) is 16.4. The highest BCUT2D eigenvalue weighted by Crippen LogP contribution is 2.26. The molecule has 7 heteroatoms. The van der Waals surface area contributed by atoms with E-state index in [4.69, 9.17) is 9.15 Å². The van der Waals surface area contributed by atoms with Gasteiger partial charge in [-0.1, -0.05) is 0 Å². The van der Waals surface area contributed by atoms with Gasteiger partial charge in [-0.15, -0.1) is 0 Å². The number of furan rings is 1. The lowest BCUT2D eigenvalue weighted by Gasteiger charge is -2.26. The first-order valence-electron chi connectivity index (χ1n) is 10.2. The van der Waals surface area contributed by atoms with Crippen LogP contribution in [0.25, 0.3) is 0 Å². The molecule has 4 rings (SSSR count). The number of anilines is 2. The van der Waals surface area contributed by atoms with Crippen LogP contribution in [0.5, 0.6) is 0 Å². The number of quaternary nitrogens is 1. The highest BCUT2D eigenvalue weighted by atomic mass is 16.5. The van der Waals surface area contributed by atoms with E-state index in [0.717, 1.165) is 74.0 Å². The number of rotatable bonds is 7. The van der Waals surface area contributed by atoms with Gasteiger partial charge in [-0.25, -0.2) is 4.98 Å². The maximum atomic E-state index is 9.88. The molecule has 2 aromatic heterocycles. The average Bonchev–Trinajstić information content (AvgIpc) is 3.43. The molecule has 1 saturated heterocycles. The monoisotopic (exact) mass is 383 g/mol. The number of hydrogen-bond acceptors (Lipinski definition) is 5. The predicted octanol–water partition coefficient (Wildman–Crippen LogP) is 1.13. The number of aromatic nitrogens is 1. The van der Waals surface area contributed by atoms with Crippen LogP contribution in [0.15, 0.2) is 22.8 Å². The van der Waals surface area contributed by atoms with Gasteiger partial charge >= 0.3 is 0 Å². The van der Waals surface area contributed by atoms with Crippen molar-refractivity contribution >= 4 is 11.6 Å². The van der Waals surface area contributed by atoms with E-state index in [9.17, 15) is 5.26 Å². The summed E-state index contributed by atoms with van der Waals surface area (Å²) in [7, 11) is 0. The van der Waals surface area contributed by atoms with E-state index in [1.165, 1.54) is 10.5 Å². The molecule has 0 aromatic carbocycles. The Kier molecular flexibility index (Phi) is 5.79. The van der Waals surface area contributed by atoms with Gasteiger partial charge in [0.15, 0.2) is 0 Å². The predicted molar refractivity (Wildman–Crippen MR) is 105 cm³/mol. The number of aromatic amines is 1. The molecule has 2 atom stereocenters. The van der Waals surface area contributed by atoms with E-state index < -0.39 is 0 Å². The van der Waals surface area contributed by atoms with Gasteiger partial charge in [-0.2, -0.15) is 5.26 Å². The van der Waals surface area contributed by atoms with Crippen molar-refractivity contribution in [1.29, 1.82) is 5.26 Å². The minimum Gasteiger partial charge on any atom is -0.466 e. The van der Waals surface area contributed by atoms with Gasteiger partial charge in [0, 0.05) is 13.0 Å². The van der Waals surface area contributed by atoms with E-state index in [-0.39, 0.29) is 6.10 Å². The summed E-state index contributed by atoms with van der Waals surface area (Å²) in [5.74, 6) is 2.65. The number of nitriles is 1. The molecule has 2 aliphatic rings. The largest absolute Gasteiger partial charge is 0.466 e. The van der Waals surface area contributed by atoms with Gasteiger partial charge in [0.05, 0.1) is 37.6 Å². The molecule has 28 heavy (non-hydrogen) atoms. The van der Waals surface area contributed by atoms with Crippen molar-refractivity contribution in [2.75, 3.05) is 36.9 Å². The fourth-order valence-corrected chi connectivity index (χ4v) is 4.15. The average molecular weight is 383 g/mol. The fourth-order valence-electron chi connectivity index (χ4n) is 4.15. The maximum Gasteiger partial charge on any atom is 0.237 e. The quantitative estimate of drug-likeness (QED) is 0.667. The third-order valence-corrected chi connectivity index (χ3v) is 5.78. The van der Waals surface area contributed by atoms with Gasteiger partial charge < -0.3 is 19.4 Å². The highest BCUT2D eigenvalue weighted by molar-refractivity contribution is 5.60. The van der Waals surface area contributed by atoms with E-state index >= 15 is 0 Å². The molecule has 1 unspecified atom stereocenters. The lowest BCUT2D eigenvalue weighted by molar-refractivity contribution is -0.914. The molecule has 4 heterocycles. The van der Waals surface area contributed by atoms with Crippen LogP contribution in [0.1, 0.15) is 42.2 Å². The van der Waals surface area contributed by atoms with E-state index in [0.29, 0.717) is 13.1 Å². The van der Waals surface area contributed by atoms with Gasteiger partial charge in [0.2, 0.25) is 11.6 Å². The standard InChI is InChI=1S/C21H27N5O2/c1-2-26-8-7-17-18(11-22)20(23-12-15-5-3-9-27-15)25-21(19(17)14-26)24-13-16-6-4-10-28-16/h4,6,10,15H,2-3,5,7-9,12-14H2,1H3,(H2,23,24,25)/p+2/t15-/m0/s1. The first-order valence-corrected chi connectivity index (χ1v) is 10.2. The number of nitrogens with zero attached hydrogens (tertiary/aromatic N) is 1. The third-order valence-electron chi connectivity index (χ3n) is 5.78. The minimum atomic E-state index is 0.218. The smallest absolute Gasteiger partial charge is 0.237 e. The Bertz CT molecular complexity index is 837. The molecular formula is C21H29N5O2+2. The summed E-state index contributed by atoms with van der Waals surface area (Å²) >= 11 is 0. The molecule has 1 fully saturated rings. The number of ether oxygens (including phenoxy) is 1. The molecule has 0 amide bonds. The van der Waals surface area contributed by atoms with Crippen molar-refractivity contribution in [2.45, 2.75) is 45.4 Å². The molecule has 0 aliphatic carbocycles. The molecule has 0 bridgehead atoms. The SMILES string of the molecule is CC[NH+]1CCc2c(C#N)c(NC[C@@H]3CCCO3)[nH+]c(NCc3ccco3)c2C1. The molecule has 0 radical (unpaired) electrons. The Morgan fingerprint density at radius 1 is 1.32 bits per heavy atom. The number of nitrogens with one attached hydrogen (secondary N) is 4. The zero-order valence-corrected chi connectivity index (χ0v) is 16.4. The van der Waals surface area contributed by atoms with Gasteiger partial charge in [-0.3, -0.25) is 5.32 Å². The summed E-state index contributed by atoms with van der Waals surface area (Å²) in [6.07, 6.45) is 5.00. The minimum absolute atomic E-state index is 0.218. The second-order valence-corrected chi connectivity index (χ2v) is 7.55. The Labute approximate surface area is 165 Å². The van der Waals surface area contributed by atoms with Crippen LogP contribution in [0.4, 0.5) is 11.6 Å². The Morgan fingerprint density at radius 2 is 2.25 bits per heavy atom. The lowest BCUT2D eigenvalue weighted by atomic mass is 9.95. The zero-order chi connectivity index (χ0) is 19.3. The van der Waals surface area contributed by atoms with Gasteiger partial charge in [-0.05, 0) is 37.5 Å². The molecule has 7 nitrogen and oxygen atoms in total. The van der Waals surface area contributed by atoms with E-state index in [2.05, 4.69) is 28.6 Å². The molecule has 0 saturated carbocycles. The Morgan fingerprint density at radius 3 is 2.96 bits per heavy atom. The van der Waals surface area contributed by atoms with Gasteiger partial charge in [0.25, 0.3) is 0 Å². The molecule has 2 aliphatic heterocycles. The van der Waals surface area contributed by atoms with Gasteiger partial charge in [0.1, 0.15) is 30.5 Å². The maximum absolute atomic E-state index is 9.88. The van der Waals surface area contributed by atoms with Crippen molar-refractivity contribution in [3.63, 3.8) is 0 Å². The number of H-pyrrole nitrogens is 1. The van der Waals surface area contributed by atoms with Crippen molar-refractivity contribution in [2.24, 2.45) is 0 Å². The van der Waals surface area contributed by atoms with Crippen molar-refractivity contribution in [1.82, 2.24) is 0 Å². The van der Waals surface area contributed by atoms with Crippen LogP contribution in [0, 0.1) is 11.3 Å². The van der Waals surface area contributed by atoms with Crippen LogP contribution >= 0.6 is 0 Å².